The Bertz CT molecular complexity index is 576. The van der Waals surface area contributed by atoms with Crippen LogP contribution < -0.4 is 0 Å². The molecule has 2 rings (SSSR count). The zero-order valence-corrected chi connectivity index (χ0v) is 12.2. The highest BCUT2D eigenvalue weighted by atomic mass is 14.8. The summed E-state index contributed by atoms with van der Waals surface area (Å²) in [6.07, 6.45) is 2.81. The molecule has 0 amide bonds. The quantitative estimate of drug-likeness (QED) is 0.842. The van der Waals surface area contributed by atoms with Gasteiger partial charge < -0.3 is 0 Å². The molecule has 0 atom stereocenters. The largest absolute Gasteiger partial charge is 0.258 e. The van der Waals surface area contributed by atoms with Gasteiger partial charge in [-0.15, -0.1) is 0 Å². The van der Waals surface area contributed by atoms with Crippen molar-refractivity contribution in [1.29, 1.82) is 0 Å². The van der Waals surface area contributed by atoms with E-state index >= 15 is 0 Å². The Morgan fingerprint density at radius 3 is 2.21 bits per heavy atom. The van der Waals surface area contributed by atoms with Crippen LogP contribution in [0.5, 0.6) is 0 Å². The Morgan fingerprint density at radius 1 is 0.789 bits per heavy atom. The van der Waals surface area contributed by atoms with Gasteiger partial charge >= 0.3 is 0 Å². The standard InChI is InChI=1S/C16H21N3/c1-5-14-7-6-8-15(19-14)9-10-16-13(4)17-11(2)12(3)18-16/h6-8H,5,9-10H2,1-4H3. The molecule has 0 radical (unpaired) electrons. The summed E-state index contributed by atoms with van der Waals surface area (Å²) >= 11 is 0. The molecule has 0 fully saturated rings. The fourth-order valence-corrected chi connectivity index (χ4v) is 2.11. The minimum Gasteiger partial charge on any atom is -0.258 e. The van der Waals surface area contributed by atoms with Crippen LogP contribution in [0.25, 0.3) is 0 Å². The van der Waals surface area contributed by atoms with Crippen molar-refractivity contribution in [3.8, 4) is 0 Å². The lowest BCUT2D eigenvalue weighted by Crippen LogP contribution is -2.05. The summed E-state index contributed by atoms with van der Waals surface area (Å²) in [4.78, 5) is 13.8. The van der Waals surface area contributed by atoms with Crippen LogP contribution >= 0.6 is 0 Å². The van der Waals surface area contributed by atoms with Crippen molar-refractivity contribution in [3.05, 3.63) is 52.4 Å². The molecular weight excluding hydrogens is 234 g/mol. The fourth-order valence-electron chi connectivity index (χ4n) is 2.11. The van der Waals surface area contributed by atoms with Crippen molar-refractivity contribution in [3.63, 3.8) is 0 Å². The Labute approximate surface area is 115 Å². The molecule has 0 spiro atoms. The highest BCUT2D eigenvalue weighted by molar-refractivity contribution is 5.19. The Balaban J connectivity index is 2.12. The lowest BCUT2D eigenvalue weighted by Gasteiger charge is -2.08. The van der Waals surface area contributed by atoms with E-state index in [9.17, 15) is 0 Å². The van der Waals surface area contributed by atoms with E-state index in [2.05, 4.69) is 40.1 Å². The third kappa shape index (κ3) is 3.37. The van der Waals surface area contributed by atoms with Crippen LogP contribution in [0.15, 0.2) is 18.2 Å². The molecule has 3 nitrogen and oxygen atoms in total. The monoisotopic (exact) mass is 255 g/mol. The molecule has 0 aliphatic carbocycles. The Morgan fingerprint density at radius 2 is 1.47 bits per heavy atom. The van der Waals surface area contributed by atoms with Crippen LogP contribution in [0.1, 0.15) is 41.1 Å². The molecule has 2 aromatic rings. The predicted octanol–water partition coefficient (Wildman–Crippen LogP) is 3.14. The molecule has 19 heavy (non-hydrogen) atoms. The van der Waals surface area contributed by atoms with E-state index in [1.54, 1.807) is 0 Å². The van der Waals surface area contributed by atoms with Gasteiger partial charge in [-0.3, -0.25) is 15.0 Å². The van der Waals surface area contributed by atoms with Gasteiger partial charge in [0.15, 0.2) is 0 Å². The van der Waals surface area contributed by atoms with Gasteiger partial charge in [-0.2, -0.15) is 0 Å². The van der Waals surface area contributed by atoms with Crippen molar-refractivity contribution in [1.82, 2.24) is 15.0 Å². The normalized spacial score (nSPS) is 10.7. The second-order valence-corrected chi connectivity index (χ2v) is 4.90. The molecule has 0 N–H and O–H groups in total. The summed E-state index contributed by atoms with van der Waals surface area (Å²) in [5, 5.41) is 0. The first-order valence-electron chi connectivity index (χ1n) is 6.85. The van der Waals surface area contributed by atoms with Gasteiger partial charge in [0.1, 0.15) is 0 Å². The summed E-state index contributed by atoms with van der Waals surface area (Å²) in [5.74, 6) is 0. The van der Waals surface area contributed by atoms with Crippen LogP contribution in [0, 0.1) is 20.8 Å². The van der Waals surface area contributed by atoms with Crippen molar-refractivity contribution >= 4 is 0 Å². The average Bonchev–Trinajstić information content (AvgIpc) is 2.41. The zero-order chi connectivity index (χ0) is 13.8. The van der Waals surface area contributed by atoms with Gasteiger partial charge in [0.25, 0.3) is 0 Å². The van der Waals surface area contributed by atoms with Crippen LogP contribution in [-0.4, -0.2) is 15.0 Å². The van der Waals surface area contributed by atoms with Crippen LogP contribution in [-0.2, 0) is 19.3 Å². The molecule has 3 heteroatoms. The van der Waals surface area contributed by atoms with E-state index in [1.165, 1.54) is 0 Å². The molecular formula is C16H21N3. The Hall–Kier alpha value is -1.77. The van der Waals surface area contributed by atoms with Crippen molar-refractivity contribution < 1.29 is 0 Å². The molecule has 0 aliphatic rings. The van der Waals surface area contributed by atoms with E-state index in [0.717, 1.165) is 53.4 Å². The first-order chi connectivity index (χ1) is 9.10. The summed E-state index contributed by atoms with van der Waals surface area (Å²) in [5.41, 5.74) is 6.46. The molecule has 2 aromatic heterocycles. The maximum Gasteiger partial charge on any atom is 0.0623 e. The third-order valence-electron chi connectivity index (χ3n) is 3.42. The summed E-state index contributed by atoms with van der Waals surface area (Å²) in [7, 11) is 0. The second kappa shape index (κ2) is 5.91. The average molecular weight is 255 g/mol. The highest BCUT2D eigenvalue weighted by Crippen LogP contribution is 2.10. The molecule has 0 aliphatic heterocycles. The molecule has 0 saturated heterocycles. The van der Waals surface area contributed by atoms with Gasteiger partial charge in [-0.25, -0.2) is 0 Å². The second-order valence-electron chi connectivity index (χ2n) is 4.90. The van der Waals surface area contributed by atoms with Crippen LogP contribution in [0.3, 0.4) is 0 Å². The smallest absolute Gasteiger partial charge is 0.0623 e. The number of nitrogens with zero attached hydrogens (tertiary/aromatic N) is 3. The number of pyridine rings is 1. The van der Waals surface area contributed by atoms with Crippen LogP contribution in [0.2, 0.25) is 0 Å². The van der Waals surface area contributed by atoms with Gasteiger partial charge in [-0.1, -0.05) is 13.0 Å². The maximum atomic E-state index is 4.64. The molecule has 0 unspecified atom stereocenters. The molecule has 2 heterocycles. The maximum absolute atomic E-state index is 4.64. The van der Waals surface area contributed by atoms with Crippen molar-refractivity contribution in [2.24, 2.45) is 0 Å². The lowest BCUT2D eigenvalue weighted by atomic mass is 10.1. The van der Waals surface area contributed by atoms with Gasteiger partial charge in [0, 0.05) is 11.4 Å². The van der Waals surface area contributed by atoms with E-state index in [-0.39, 0.29) is 0 Å². The number of hydrogen-bond donors (Lipinski definition) is 0. The van der Waals surface area contributed by atoms with E-state index in [1.807, 2.05) is 20.8 Å². The van der Waals surface area contributed by atoms with E-state index < -0.39 is 0 Å². The zero-order valence-electron chi connectivity index (χ0n) is 12.2. The highest BCUT2D eigenvalue weighted by Gasteiger charge is 2.06. The topological polar surface area (TPSA) is 38.7 Å². The Kier molecular flexibility index (Phi) is 4.25. The third-order valence-corrected chi connectivity index (χ3v) is 3.42. The number of rotatable bonds is 4. The number of aryl methyl sites for hydroxylation is 6. The SMILES string of the molecule is CCc1cccc(CCc2nc(C)c(C)nc2C)n1. The molecule has 100 valence electrons. The van der Waals surface area contributed by atoms with Gasteiger partial charge in [0.05, 0.1) is 22.8 Å². The summed E-state index contributed by atoms with van der Waals surface area (Å²) in [6, 6.07) is 6.24. The lowest BCUT2D eigenvalue weighted by molar-refractivity contribution is 0.824. The summed E-state index contributed by atoms with van der Waals surface area (Å²) in [6.45, 7) is 8.18. The molecule has 0 saturated carbocycles. The number of hydrogen-bond acceptors (Lipinski definition) is 3. The van der Waals surface area contributed by atoms with Gasteiger partial charge in [-0.05, 0) is 52.2 Å². The van der Waals surface area contributed by atoms with Crippen molar-refractivity contribution in [2.45, 2.75) is 47.0 Å². The minimum absolute atomic E-state index is 0.903. The molecule has 0 aromatic carbocycles. The van der Waals surface area contributed by atoms with E-state index in [0.29, 0.717) is 0 Å². The fraction of sp³-hybridized carbons (Fsp3) is 0.438. The molecule has 0 bridgehead atoms. The number of aromatic nitrogens is 3. The first kappa shape index (κ1) is 13.7. The van der Waals surface area contributed by atoms with Crippen LogP contribution in [0.4, 0.5) is 0 Å². The summed E-state index contributed by atoms with van der Waals surface area (Å²) < 4.78 is 0. The predicted molar refractivity (Wildman–Crippen MR) is 77.3 cm³/mol. The first-order valence-corrected chi connectivity index (χ1v) is 6.85. The van der Waals surface area contributed by atoms with E-state index in [4.69, 9.17) is 0 Å². The minimum atomic E-state index is 0.903. The van der Waals surface area contributed by atoms with Crippen molar-refractivity contribution in [2.75, 3.05) is 0 Å². The van der Waals surface area contributed by atoms with Gasteiger partial charge in [0.2, 0.25) is 0 Å².